The van der Waals surface area contributed by atoms with Crippen LogP contribution in [0.2, 0.25) is 0 Å². The van der Waals surface area contributed by atoms with Crippen LogP contribution < -0.4 is 4.90 Å². The van der Waals surface area contributed by atoms with Gasteiger partial charge in [0.1, 0.15) is 11.6 Å². The molecule has 2 heterocycles. The lowest BCUT2D eigenvalue weighted by Gasteiger charge is -2.16. The minimum atomic E-state index is 0.801. The van der Waals surface area contributed by atoms with Crippen LogP contribution in [0.25, 0.3) is 0 Å². The van der Waals surface area contributed by atoms with E-state index in [9.17, 15) is 0 Å². The zero-order valence-electron chi connectivity index (χ0n) is 8.20. The Morgan fingerprint density at radius 1 is 1.54 bits per heavy atom. The van der Waals surface area contributed by atoms with E-state index in [1.54, 1.807) is 0 Å². The zero-order valence-corrected chi connectivity index (χ0v) is 8.20. The van der Waals surface area contributed by atoms with E-state index in [2.05, 4.69) is 21.8 Å². The van der Waals surface area contributed by atoms with E-state index in [-0.39, 0.29) is 0 Å². The molecule has 0 amide bonds. The fourth-order valence-electron chi connectivity index (χ4n) is 1.76. The Bertz CT molecular complexity index is 298. The molecule has 13 heavy (non-hydrogen) atoms. The zero-order chi connectivity index (χ0) is 9.26. The molecular formula is C10H15N3. The van der Waals surface area contributed by atoms with Gasteiger partial charge in [-0.15, -0.1) is 0 Å². The molecule has 3 heteroatoms. The van der Waals surface area contributed by atoms with Crippen LogP contribution in [0.15, 0.2) is 12.3 Å². The highest BCUT2D eigenvalue weighted by molar-refractivity contribution is 5.38. The van der Waals surface area contributed by atoms with Crippen molar-refractivity contribution < 1.29 is 0 Å². The molecule has 0 bridgehead atoms. The molecule has 1 aliphatic rings. The van der Waals surface area contributed by atoms with Crippen molar-refractivity contribution in [2.45, 2.75) is 20.3 Å². The monoisotopic (exact) mass is 177 g/mol. The Morgan fingerprint density at radius 2 is 2.38 bits per heavy atom. The second-order valence-corrected chi connectivity index (χ2v) is 3.80. The molecule has 3 nitrogen and oxygen atoms in total. The van der Waals surface area contributed by atoms with Gasteiger partial charge in [0, 0.05) is 19.3 Å². The van der Waals surface area contributed by atoms with E-state index < -0.39 is 0 Å². The molecule has 1 aromatic heterocycles. The van der Waals surface area contributed by atoms with E-state index in [1.807, 2.05) is 19.2 Å². The van der Waals surface area contributed by atoms with E-state index >= 15 is 0 Å². The van der Waals surface area contributed by atoms with Gasteiger partial charge in [-0.25, -0.2) is 9.97 Å². The molecule has 70 valence electrons. The van der Waals surface area contributed by atoms with Crippen molar-refractivity contribution in [1.82, 2.24) is 9.97 Å². The molecule has 1 saturated heterocycles. The van der Waals surface area contributed by atoms with Crippen molar-refractivity contribution in [3.8, 4) is 0 Å². The molecule has 1 atom stereocenters. The quantitative estimate of drug-likeness (QED) is 0.653. The largest absolute Gasteiger partial charge is 0.356 e. The fourth-order valence-corrected chi connectivity index (χ4v) is 1.76. The fraction of sp³-hybridized carbons (Fsp3) is 0.600. The first kappa shape index (κ1) is 8.48. The van der Waals surface area contributed by atoms with Crippen LogP contribution in [0, 0.1) is 12.8 Å². The lowest BCUT2D eigenvalue weighted by Crippen LogP contribution is -2.20. The van der Waals surface area contributed by atoms with Gasteiger partial charge < -0.3 is 4.90 Å². The number of aromatic nitrogens is 2. The summed E-state index contributed by atoms with van der Waals surface area (Å²) in [6.07, 6.45) is 3.11. The smallest absolute Gasteiger partial charge is 0.132 e. The summed E-state index contributed by atoms with van der Waals surface area (Å²) in [7, 11) is 0. The Morgan fingerprint density at radius 3 is 3.00 bits per heavy atom. The van der Waals surface area contributed by atoms with Crippen LogP contribution >= 0.6 is 0 Å². The van der Waals surface area contributed by atoms with Crippen molar-refractivity contribution in [3.63, 3.8) is 0 Å². The van der Waals surface area contributed by atoms with Gasteiger partial charge in [-0.3, -0.25) is 0 Å². The maximum atomic E-state index is 4.40. The molecule has 1 aliphatic heterocycles. The number of hydrogen-bond acceptors (Lipinski definition) is 3. The summed E-state index contributed by atoms with van der Waals surface area (Å²) >= 11 is 0. The van der Waals surface area contributed by atoms with Gasteiger partial charge in [-0.05, 0) is 25.3 Å². The summed E-state index contributed by atoms with van der Waals surface area (Å²) in [5.41, 5.74) is 0. The minimum absolute atomic E-state index is 0.801. The first-order valence-electron chi connectivity index (χ1n) is 4.80. The van der Waals surface area contributed by atoms with Gasteiger partial charge in [-0.2, -0.15) is 0 Å². The van der Waals surface area contributed by atoms with Crippen LogP contribution in [0.3, 0.4) is 0 Å². The average molecular weight is 177 g/mol. The van der Waals surface area contributed by atoms with Gasteiger partial charge in [-0.1, -0.05) is 6.92 Å². The van der Waals surface area contributed by atoms with Crippen LogP contribution in [0.4, 0.5) is 5.82 Å². The number of hydrogen-bond donors (Lipinski definition) is 0. The number of anilines is 1. The Balaban J connectivity index is 2.16. The molecule has 0 N–H and O–H groups in total. The molecule has 0 aromatic carbocycles. The number of aryl methyl sites for hydroxylation is 1. The molecule has 0 saturated carbocycles. The van der Waals surface area contributed by atoms with Crippen LogP contribution in [-0.4, -0.2) is 23.1 Å². The third kappa shape index (κ3) is 1.79. The summed E-state index contributed by atoms with van der Waals surface area (Å²) in [5.74, 6) is 2.74. The Kier molecular flexibility index (Phi) is 2.17. The summed E-state index contributed by atoms with van der Waals surface area (Å²) in [4.78, 5) is 10.8. The van der Waals surface area contributed by atoms with Crippen LogP contribution in [0.1, 0.15) is 19.2 Å². The van der Waals surface area contributed by atoms with Gasteiger partial charge in [0.05, 0.1) is 0 Å². The third-order valence-electron chi connectivity index (χ3n) is 2.51. The highest BCUT2D eigenvalue weighted by Gasteiger charge is 2.19. The van der Waals surface area contributed by atoms with Crippen molar-refractivity contribution in [3.05, 3.63) is 18.1 Å². The molecule has 0 spiro atoms. The molecular weight excluding hydrogens is 162 g/mol. The third-order valence-corrected chi connectivity index (χ3v) is 2.51. The normalized spacial score (nSPS) is 22.3. The van der Waals surface area contributed by atoms with Gasteiger partial charge in [0.25, 0.3) is 0 Å². The summed E-state index contributed by atoms with van der Waals surface area (Å²) in [6, 6.07) is 1.99. The average Bonchev–Trinajstić information content (AvgIpc) is 2.52. The standard InChI is InChI=1S/C10H15N3/c1-8-4-6-13(7-8)10-3-5-11-9(2)12-10/h3,5,8H,4,6-7H2,1-2H3. The maximum absolute atomic E-state index is 4.40. The highest BCUT2D eigenvalue weighted by Crippen LogP contribution is 2.20. The second kappa shape index (κ2) is 3.32. The highest BCUT2D eigenvalue weighted by atomic mass is 15.2. The first-order chi connectivity index (χ1) is 6.25. The van der Waals surface area contributed by atoms with Gasteiger partial charge >= 0.3 is 0 Å². The van der Waals surface area contributed by atoms with E-state index in [1.165, 1.54) is 6.42 Å². The topological polar surface area (TPSA) is 29.0 Å². The van der Waals surface area contributed by atoms with Gasteiger partial charge in [0.15, 0.2) is 0 Å². The van der Waals surface area contributed by atoms with E-state index in [0.717, 1.165) is 30.6 Å². The summed E-state index contributed by atoms with van der Waals surface area (Å²) < 4.78 is 0. The predicted octanol–water partition coefficient (Wildman–Crippen LogP) is 1.63. The van der Waals surface area contributed by atoms with Crippen LogP contribution in [-0.2, 0) is 0 Å². The molecule has 0 radical (unpaired) electrons. The van der Waals surface area contributed by atoms with E-state index in [4.69, 9.17) is 0 Å². The second-order valence-electron chi connectivity index (χ2n) is 3.80. The van der Waals surface area contributed by atoms with Crippen molar-refractivity contribution in [2.75, 3.05) is 18.0 Å². The maximum Gasteiger partial charge on any atom is 0.132 e. The summed E-state index contributed by atoms with van der Waals surface area (Å²) in [6.45, 7) is 6.49. The molecule has 0 aliphatic carbocycles. The molecule has 1 unspecified atom stereocenters. The predicted molar refractivity (Wildman–Crippen MR) is 52.8 cm³/mol. The van der Waals surface area contributed by atoms with Crippen molar-refractivity contribution >= 4 is 5.82 Å². The molecule has 1 fully saturated rings. The lowest BCUT2D eigenvalue weighted by atomic mass is 10.2. The summed E-state index contributed by atoms with van der Waals surface area (Å²) in [5, 5.41) is 0. The Hall–Kier alpha value is -1.12. The van der Waals surface area contributed by atoms with Gasteiger partial charge in [0.2, 0.25) is 0 Å². The van der Waals surface area contributed by atoms with E-state index in [0.29, 0.717) is 0 Å². The number of rotatable bonds is 1. The minimum Gasteiger partial charge on any atom is -0.356 e. The van der Waals surface area contributed by atoms with Crippen LogP contribution in [0.5, 0.6) is 0 Å². The lowest BCUT2D eigenvalue weighted by molar-refractivity contribution is 0.658. The SMILES string of the molecule is Cc1nccc(N2CCC(C)C2)n1. The van der Waals surface area contributed by atoms with Crippen molar-refractivity contribution in [2.24, 2.45) is 5.92 Å². The Labute approximate surface area is 78.8 Å². The van der Waals surface area contributed by atoms with Crippen molar-refractivity contribution in [1.29, 1.82) is 0 Å². The number of nitrogens with zero attached hydrogens (tertiary/aromatic N) is 3. The first-order valence-corrected chi connectivity index (χ1v) is 4.80. The molecule has 1 aromatic rings. The molecule has 2 rings (SSSR count).